The third-order valence-corrected chi connectivity index (χ3v) is 2.90. The number of hydrogen-bond acceptors (Lipinski definition) is 2. The van der Waals surface area contributed by atoms with E-state index in [2.05, 4.69) is 36.4 Å². The van der Waals surface area contributed by atoms with Crippen LogP contribution in [0.2, 0.25) is 0 Å². The molecule has 2 aromatic carbocycles. The topological polar surface area (TPSA) is 18.5 Å². The molecule has 3 rings (SSSR count). The second-order valence-electron chi connectivity index (χ2n) is 4.20. The monoisotopic (exact) mass is 238 g/mol. The lowest BCUT2D eigenvalue weighted by Crippen LogP contribution is -1.92. The number of hydrogen-bond donors (Lipinski definition) is 0. The summed E-state index contributed by atoms with van der Waals surface area (Å²) in [7, 11) is 0. The summed E-state index contributed by atoms with van der Waals surface area (Å²) >= 11 is 0. The fourth-order valence-corrected chi connectivity index (χ4v) is 1.96. The molecule has 0 saturated carbocycles. The molecule has 1 aliphatic heterocycles. The van der Waals surface area contributed by atoms with Gasteiger partial charge in [0.05, 0.1) is 0 Å². The first-order valence-corrected chi connectivity index (χ1v) is 6.02. The van der Waals surface area contributed by atoms with Crippen LogP contribution in [0.1, 0.15) is 11.1 Å². The first-order chi connectivity index (χ1) is 8.92. The van der Waals surface area contributed by atoms with Gasteiger partial charge in [-0.05, 0) is 29.7 Å². The molecule has 0 bridgehead atoms. The van der Waals surface area contributed by atoms with Crippen LogP contribution >= 0.6 is 0 Å². The third-order valence-electron chi connectivity index (χ3n) is 2.90. The maximum absolute atomic E-state index is 5.35. The maximum atomic E-state index is 5.35. The quantitative estimate of drug-likeness (QED) is 0.812. The molecule has 0 atom stereocenters. The molecular weight excluding hydrogens is 224 g/mol. The van der Waals surface area contributed by atoms with Gasteiger partial charge in [0.1, 0.15) is 0 Å². The van der Waals surface area contributed by atoms with E-state index in [1.54, 1.807) is 0 Å². The van der Waals surface area contributed by atoms with Crippen LogP contribution in [0.15, 0.2) is 54.6 Å². The predicted octanol–water partition coefficient (Wildman–Crippen LogP) is 3.67. The highest BCUT2D eigenvalue weighted by Crippen LogP contribution is 2.32. The number of fused-ring (bicyclic) bond motifs is 1. The molecule has 0 spiro atoms. The van der Waals surface area contributed by atoms with Crippen LogP contribution in [0.4, 0.5) is 0 Å². The first kappa shape index (κ1) is 10.9. The zero-order valence-electron chi connectivity index (χ0n) is 10.0. The zero-order valence-corrected chi connectivity index (χ0v) is 10.0. The van der Waals surface area contributed by atoms with E-state index in [1.165, 1.54) is 5.56 Å². The Balaban J connectivity index is 1.69. The molecular formula is C16H14O2. The van der Waals surface area contributed by atoms with Crippen molar-refractivity contribution in [1.29, 1.82) is 0 Å². The van der Waals surface area contributed by atoms with E-state index in [0.717, 1.165) is 23.5 Å². The van der Waals surface area contributed by atoms with Crippen molar-refractivity contribution in [3.8, 4) is 11.5 Å². The normalized spacial score (nSPS) is 13.1. The van der Waals surface area contributed by atoms with Crippen molar-refractivity contribution < 1.29 is 9.47 Å². The Kier molecular flexibility index (Phi) is 3.01. The molecule has 2 heteroatoms. The van der Waals surface area contributed by atoms with Gasteiger partial charge >= 0.3 is 0 Å². The Morgan fingerprint density at radius 2 is 1.78 bits per heavy atom. The molecule has 0 N–H and O–H groups in total. The zero-order chi connectivity index (χ0) is 12.2. The van der Waals surface area contributed by atoms with Gasteiger partial charge in [0.2, 0.25) is 6.79 Å². The van der Waals surface area contributed by atoms with Gasteiger partial charge < -0.3 is 9.47 Å². The van der Waals surface area contributed by atoms with E-state index >= 15 is 0 Å². The van der Waals surface area contributed by atoms with Crippen molar-refractivity contribution in [1.82, 2.24) is 0 Å². The van der Waals surface area contributed by atoms with Crippen molar-refractivity contribution in [2.75, 3.05) is 6.79 Å². The summed E-state index contributed by atoms with van der Waals surface area (Å²) in [5, 5.41) is 0. The van der Waals surface area contributed by atoms with E-state index in [4.69, 9.17) is 9.47 Å². The number of benzene rings is 2. The van der Waals surface area contributed by atoms with Crippen molar-refractivity contribution in [2.24, 2.45) is 0 Å². The lowest BCUT2D eigenvalue weighted by Gasteiger charge is -1.98. The predicted molar refractivity (Wildman–Crippen MR) is 71.7 cm³/mol. The average Bonchev–Trinajstić information content (AvgIpc) is 2.87. The number of allylic oxidation sites excluding steroid dienone is 1. The van der Waals surface area contributed by atoms with Crippen LogP contribution in [-0.2, 0) is 6.42 Å². The van der Waals surface area contributed by atoms with Crippen LogP contribution in [-0.4, -0.2) is 6.79 Å². The molecule has 90 valence electrons. The molecule has 1 heterocycles. The standard InChI is InChI=1S/C16H14O2/c1-2-5-13(6-3-1)7-4-8-14-9-10-15-16(11-14)18-12-17-15/h1-6,8-11H,7,12H2. The van der Waals surface area contributed by atoms with E-state index < -0.39 is 0 Å². The molecule has 2 nitrogen and oxygen atoms in total. The summed E-state index contributed by atoms with van der Waals surface area (Å²) in [5.41, 5.74) is 2.45. The maximum Gasteiger partial charge on any atom is 0.231 e. The Morgan fingerprint density at radius 3 is 2.67 bits per heavy atom. The largest absolute Gasteiger partial charge is 0.454 e. The van der Waals surface area contributed by atoms with Gasteiger partial charge in [0, 0.05) is 0 Å². The third kappa shape index (κ3) is 2.38. The van der Waals surface area contributed by atoms with Gasteiger partial charge in [-0.15, -0.1) is 0 Å². The van der Waals surface area contributed by atoms with E-state index in [0.29, 0.717) is 6.79 Å². The summed E-state index contributed by atoms with van der Waals surface area (Å²) in [6, 6.07) is 16.4. The van der Waals surface area contributed by atoms with Gasteiger partial charge in [-0.1, -0.05) is 48.6 Å². The average molecular weight is 238 g/mol. The van der Waals surface area contributed by atoms with Crippen LogP contribution < -0.4 is 9.47 Å². The molecule has 18 heavy (non-hydrogen) atoms. The molecule has 0 saturated heterocycles. The minimum Gasteiger partial charge on any atom is -0.454 e. The molecule has 0 fully saturated rings. The summed E-state index contributed by atoms with van der Waals surface area (Å²) in [6.45, 7) is 0.326. The van der Waals surface area contributed by atoms with Crippen LogP contribution in [0.5, 0.6) is 11.5 Å². The smallest absolute Gasteiger partial charge is 0.231 e. The Bertz CT molecular complexity index is 559. The summed E-state index contributed by atoms with van der Waals surface area (Å²) in [5.74, 6) is 1.66. The first-order valence-electron chi connectivity index (χ1n) is 6.02. The number of rotatable bonds is 3. The molecule has 0 amide bonds. The summed E-state index contributed by atoms with van der Waals surface area (Å²) in [6.07, 6.45) is 5.21. The van der Waals surface area contributed by atoms with Gasteiger partial charge in [0.25, 0.3) is 0 Å². The highest BCUT2D eigenvalue weighted by Gasteiger charge is 2.11. The van der Waals surface area contributed by atoms with Gasteiger partial charge in [-0.2, -0.15) is 0 Å². The van der Waals surface area contributed by atoms with E-state index in [9.17, 15) is 0 Å². The Hall–Kier alpha value is -2.22. The van der Waals surface area contributed by atoms with Gasteiger partial charge in [-0.25, -0.2) is 0 Å². The van der Waals surface area contributed by atoms with E-state index in [1.807, 2.05) is 24.3 Å². The SMILES string of the molecule is C(=Cc1ccc2c(c1)OCO2)Cc1ccccc1. The Morgan fingerprint density at radius 1 is 0.944 bits per heavy atom. The molecule has 2 aromatic rings. The minimum absolute atomic E-state index is 0.326. The second kappa shape index (κ2) is 4.96. The lowest BCUT2D eigenvalue weighted by molar-refractivity contribution is 0.174. The van der Waals surface area contributed by atoms with Crippen molar-refractivity contribution in [2.45, 2.75) is 6.42 Å². The highest BCUT2D eigenvalue weighted by atomic mass is 16.7. The van der Waals surface area contributed by atoms with Crippen molar-refractivity contribution in [3.05, 3.63) is 65.7 Å². The van der Waals surface area contributed by atoms with Crippen LogP contribution in [0, 0.1) is 0 Å². The van der Waals surface area contributed by atoms with Crippen LogP contribution in [0.25, 0.3) is 6.08 Å². The highest BCUT2D eigenvalue weighted by molar-refractivity contribution is 5.56. The molecule has 1 aliphatic rings. The van der Waals surface area contributed by atoms with Crippen LogP contribution in [0.3, 0.4) is 0 Å². The molecule has 0 radical (unpaired) electrons. The van der Waals surface area contributed by atoms with E-state index in [-0.39, 0.29) is 0 Å². The minimum atomic E-state index is 0.326. The van der Waals surface area contributed by atoms with Crippen molar-refractivity contribution in [3.63, 3.8) is 0 Å². The summed E-state index contributed by atoms with van der Waals surface area (Å²) in [4.78, 5) is 0. The molecule has 0 aliphatic carbocycles. The summed E-state index contributed by atoms with van der Waals surface area (Å²) < 4.78 is 10.6. The second-order valence-corrected chi connectivity index (χ2v) is 4.20. The van der Waals surface area contributed by atoms with Crippen molar-refractivity contribution >= 4 is 6.08 Å². The number of ether oxygens (including phenoxy) is 2. The van der Waals surface area contributed by atoms with Gasteiger partial charge in [0.15, 0.2) is 11.5 Å². The fraction of sp³-hybridized carbons (Fsp3) is 0.125. The molecule has 0 aromatic heterocycles. The van der Waals surface area contributed by atoms with Gasteiger partial charge in [-0.3, -0.25) is 0 Å². The lowest BCUT2D eigenvalue weighted by atomic mass is 10.1. The Labute approximate surface area is 106 Å². The fourth-order valence-electron chi connectivity index (χ4n) is 1.96. The molecule has 0 unspecified atom stereocenters.